The lowest BCUT2D eigenvalue weighted by Crippen LogP contribution is -2.13. The van der Waals surface area contributed by atoms with Gasteiger partial charge in [-0.15, -0.1) is 0 Å². The number of rotatable bonds is 3. The fourth-order valence-corrected chi connectivity index (χ4v) is 1.56. The van der Waals surface area contributed by atoms with Gasteiger partial charge in [0.1, 0.15) is 0 Å². The van der Waals surface area contributed by atoms with Crippen molar-refractivity contribution >= 4 is 10.9 Å². The second-order valence-corrected chi connectivity index (χ2v) is 3.25. The predicted molar refractivity (Wildman–Crippen MR) is 59.1 cm³/mol. The van der Waals surface area contributed by atoms with Crippen molar-refractivity contribution < 1.29 is 0 Å². The van der Waals surface area contributed by atoms with Crippen LogP contribution in [0.25, 0.3) is 10.9 Å². The highest BCUT2D eigenvalue weighted by Gasteiger charge is 1.99. The van der Waals surface area contributed by atoms with E-state index in [2.05, 4.69) is 16.4 Å². The van der Waals surface area contributed by atoms with Gasteiger partial charge in [-0.3, -0.25) is 4.98 Å². The number of benzene rings is 1. The van der Waals surface area contributed by atoms with Crippen LogP contribution in [0.3, 0.4) is 0 Å². The molecule has 0 atom stereocenters. The van der Waals surface area contributed by atoms with E-state index in [4.69, 9.17) is 5.26 Å². The molecule has 2 rings (SSSR count). The van der Waals surface area contributed by atoms with Gasteiger partial charge in [0, 0.05) is 18.1 Å². The van der Waals surface area contributed by atoms with Gasteiger partial charge in [0.2, 0.25) is 0 Å². The molecule has 0 aliphatic heterocycles. The van der Waals surface area contributed by atoms with Gasteiger partial charge in [0.05, 0.1) is 18.1 Å². The average Bonchev–Trinajstić information content (AvgIpc) is 2.30. The molecule has 0 bridgehead atoms. The van der Waals surface area contributed by atoms with Crippen molar-refractivity contribution in [3.05, 3.63) is 42.1 Å². The highest BCUT2D eigenvalue weighted by atomic mass is 14.8. The van der Waals surface area contributed by atoms with E-state index in [-0.39, 0.29) is 0 Å². The lowest BCUT2D eigenvalue weighted by Gasteiger charge is -2.04. The van der Waals surface area contributed by atoms with Gasteiger partial charge >= 0.3 is 0 Å². The normalized spacial score (nSPS) is 10.1. The molecule has 74 valence electrons. The predicted octanol–water partition coefficient (Wildman–Crippen LogP) is 1.85. The van der Waals surface area contributed by atoms with E-state index in [1.807, 2.05) is 30.3 Å². The minimum Gasteiger partial charge on any atom is -0.300 e. The highest BCUT2D eigenvalue weighted by Crippen LogP contribution is 2.15. The van der Waals surface area contributed by atoms with E-state index in [1.54, 1.807) is 6.20 Å². The Bertz CT molecular complexity index is 494. The van der Waals surface area contributed by atoms with Gasteiger partial charge in [-0.2, -0.15) is 5.26 Å². The maximum absolute atomic E-state index is 8.43. The molecular weight excluding hydrogens is 186 g/mol. The summed E-state index contributed by atoms with van der Waals surface area (Å²) < 4.78 is 0. The summed E-state index contributed by atoms with van der Waals surface area (Å²) >= 11 is 0. The summed E-state index contributed by atoms with van der Waals surface area (Å²) in [6.45, 7) is 1.05. The molecule has 0 radical (unpaired) electrons. The molecule has 1 heterocycles. The number of fused-ring (bicyclic) bond motifs is 1. The summed E-state index contributed by atoms with van der Waals surface area (Å²) in [7, 11) is 0. The Morgan fingerprint density at radius 2 is 2.13 bits per heavy atom. The van der Waals surface area contributed by atoms with Gasteiger partial charge in [-0.1, -0.05) is 24.3 Å². The summed E-state index contributed by atoms with van der Waals surface area (Å²) in [5, 5.41) is 12.6. The molecule has 3 nitrogen and oxygen atoms in total. The summed E-state index contributed by atoms with van der Waals surface area (Å²) in [6.07, 6.45) is 1.79. The van der Waals surface area contributed by atoms with Gasteiger partial charge in [-0.25, -0.2) is 0 Å². The van der Waals surface area contributed by atoms with Crippen LogP contribution in [-0.4, -0.2) is 11.5 Å². The Morgan fingerprint density at radius 1 is 1.27 bits per heavy atom. The molecule has 0 saturated carbocycles. The Kier molecular flexibility index (Phi) is 2.91. The summed E-state index contributed by atoms with van der Waals surface area (Å²) in [6, 6.07) is 12.1. The fraction of sp³-hybridized carbons (Fsp3) is 0.167. The molecule has 0 spiro atoms. The molecule has 2 aromatic rings. The summed E-state index contributed by atoms with van der Waals surface area (Å²) in [5.41, 5.74) is 2.13. The molecule has 15 heavy (non-hydrogen) atoms. The standard InChI is InChI=1S/C12H11N3/c13-6-8-14-9-11-4-1-3-10-5-2-7-15-12(10)11/h1-5,7,14H,8-9H2. The van der Waals surface area contributed by atoms with Crippen LogP contribution in [0.5, 0.6) is 0 Å². The lowest BCUT2D eigenvalue weighted by atomic mass is 10.1. The zero-order valence-corrected chi connectivity index (χ0v) is 8.27. The first-order valence-corrected chi connectivity index (χ1v) is 4.82. The van der Waals surface area contributed by atoms with Crippen molar-refractivity contribution in [1.82, 2.24) is 10.3 Å². The minimum atomic E-state index is 0.364. The quantitative estimate of drug-likeness (QED) is 0.603. The van der Waals surface area contributed by atoms with Crippen molar-refractivity contribution in [3.8, 4) is 6.07 Å². The maximum atomic E-state index is 8.43. The van der Waals surface area contributed by atoms with Crippen molar-refractivity contribution in [2.75, 3.05) is 6.54 Å². The second-order valence-electron chi connectivity index (χ2n) is 3.25. The molecule has 0 saturated heterocycles. The van der Waals surface area contributed by atoms with Gasteiger partial charge in [0.15, 0.2) is 0 Å². The molecule has 1 aromatic carbocycles. The lowest BCUT2D eigenvalue weighted by molar-refractivity contribution is 0.769. The van der Waals surface area contributed by atoms with Crippen molar-refractivity contribution in [1.29, 1.82) is 5.26 Å². The van der Waals surface area contributed by atoms with Crippen LogP contribution in [0, 0.1) is 11.3 Å². The van der Waals surface area contributed by atoms with Crippen molar-refractivity contribution in [2.45, 2.75) is 6.54 Å². The Labute approximate surface area is 88.4 Å². The summed E-state index contributed by atoms with van der Waals surface area (Å²) in [5.74, 6) is 0. The third kappa shape index (κ3) is 2.12. The number of nitrogens with one attached hydrogen (secondary N) is 1. The number of para-hydroxylation sites is 1. The molecule has 0 aliphatic rings. The van der Waals surface area contributed by atoms with Crippen LogP contribution >= 0.6 is 0 Å². The second kappa shape index (κ2) is 4.54. The molecular formula is C12H11N3. The molecule has 0 unspecified atom stereocenters. The first-order valence-electron chi connectivity index (χ1n) is 4.82. The number of hydrogen-bond acceptors (Lipinski definition) is 3. The Balaban J connectivity index is 2.31. The van der Waals surface area contributed by atoms with Gasteiger partial charge in [0.25, 0.3) is 0 Å². The molecule has 1 N–H and O–H groups in total. The first-order chi connectivity index (χ1) is 7.42. The van der Waals surface area contributed by atoms with E-state index < -0.39 is 0 Å². The largest absolute Gasteiger partial charge is 0.300 e. The van der Waals surface area contributed by atoms with Crippen LogP contribution in [0.1, 0.15) is 5.56 Å². The fourth-order valence-electron chi connectivity index (χ4n) is 1.56. The van der Waals surface area contributed by atoms with Crippen LogP contribution in [0.4, 0.5) is 0 Å². The third-order valence-electron chi connectivity index (χ3n) is 2.24. The third-order valence-corrected chi connectivity index (χ3v) is 2.24. The number of aromatic nitrogens is 1. The molecule has 0 aliphatic carbocycles. The number of nitriles is 1. The van der Waals surface area contributed by atoms with Crippen LogP contribution in [0.2, 0.25) is 0 Å². The number of pyridine rings is 1. The maximum Gasteiger partial charge on any atom is 0.0843 e. The van der Waals surface area contributed by atoms with Gasteiger partial charge < -0.3 is 5.32 Å². The Hall–Kier alpha value is -1.92. The average molecular weight is 197 g/mol. The SMILES string of the molecule is N#CCNCc1cccc2cccnc12. The van der Waals surface area contributed by atoms with E-state index in [9.17, 15) is 0 Å². The highest BCUT2D eigenvalue weighted by molar-refractivity contribution is 5.81. The molecule has 3 heteroatoms. The summed E-state index contributed by atoms with van der Waals surface area (Å²) in [4.78, 5) is 4.34. The molecule has 0 amide bonds. The van der Waals surface area contributed by atoms with Crippen LogP contribution in [-0.2, 0) is 6.54 Å². The first kappa shape index (κ1) is 9.63. The molecule has 0 fully saturated rings. The zero-order valence-electron chi connectivity index (χ0n) is 8.27. The van der Waals surface area contributed by atoms with E-state index in [0.717, 1.165) is 16.5 Å². The molecule has 1 aromatic heterocycles. The van der Waals surface area contributed by atoms with E-state index >= 15 is 0 Å². The number of hydrogen-bond donors (Lipinski definition) is 1. The minimum absolute atomic E-state index is 0.364. The monoisotopic (exact) mass is 197 g/mol. The Morgan fingerprint density at radius 3 is 3.00 bits per heavy atom. The van der Waals surface area contributed by atoms with Crippen LogP contribution < -0.4 is 5.32 Å². The van der Waals surface area contributed by atoms with E-state index in [0.29, 0.717) is 13.1 Å². The smallest absolute Gasteiger partial charge is 0.0843 e. The van der Waals surface area contributed by atoms with Crippen molar-refractivity contribution in [2.24, 2.45) is 0 Å². The number of nitrogens with zero attached hydrogens (tertiary/aromatic N) is 2. The van der Waals surface area contributed by atoms with Crippen molar-refractivity contribution in [3.63, 3.8) is 0 Å². The van der Waals surface area contributed by atoms with Crippen LogP contribution in [0.15, 0.2) is 36.5 Å². The zero-order chi connectivity index (χ0) is 10.5. The topological polar surface area (TPSA) is 48.7 Å². The van der Waals surface area contributed by atoms with Gasteiger partial charge in [-0.05, 0) is 11.6 Å². The van der Waals surface area contributed by atoms with E-state index in [1.165, 1.54) is 0 Å².